The standard InChI is InChI=1S/C28H45NO6S/c1-17-8-12-20(13-9-17)26(31)29(18(2)10-11-19(3)35-23-16-34-15-22(23)30)21-14-24(28(4,5)6)36-25(21)27(32)33-7/h14,17-20,22-23,30H,8-13,15-16H2,1-7H3/t17-,18-,19-,20-,22+,23+/m1/s1. The lowest BCUT2D eigenvalue weighted by atomic mass is 9.82. The highest BCUT2D eigenvalue weighted by molar-refractivity contribution is 7.14. The third-order valence-electron chi connectivity index (χ3n) is 7.52. The molecule has 1 aromatic rings. The van der Waals surface area contributed by atoms with Crippen LogP contribution in [-0.2, 0) is 24.4 Å². The first-order valence-electron chi connectivity index (χ1n) is 13.4. The molecular formula is C28H45NO6S. The minimum Gasteiger partial charge on any atom is -0.465 e. The number of carbonyl (C=O) groups is 2. The van der Waals surface area contributed by atoms with Gasteiger partial charge in [0, 0.05) is 16.8 Å². The monoisotopic (exact) mass is 523 g/mol. The lowest BCUT2D eigenvalue weighted by molar-refractivity contribution is -0.124. The molecule has 1 saturated heterocycles. The van der Waals surface area contributed by atoms with Gasteiger partial charge >= 0.3 is 5.97 Å². The molecular weight excluding hydrogens is 478 g/mol. The van der Waals surface area contributed by atoms with E-state index in [1.807, 2.05) is 17.9 Å². The summed E-state index contributed by atoms with van der Waals surface area (Å²) in [5.74, 6) is 0.310. The van der Waals surface area contributed by atoms with Crippen molar-refractivity contribution in [2.24, 2.45) is 11.8 Å². The molecule has 1 N–H and O–H groups in total. The highest BCUT2D eigenvalue weighted by Crippen LogP contribution is 2.41. The maximum absolute atomic E-state index is 14.0. The Bertz CT molecular complexity index is 885. The van der Waals surface area contributed by atoms with Crippen molar-refractivity contribution >= 4 is 28.9 Å². The van der Waals surface area contributed by atoms with Crippen LogP contribution in [-0.4, -0.2) is 61.7 Å². The highest BCUT2D eigenvalue weighted by Gasteiger charge is 2.36. The molecule has 0 spiro atoms. The molecule has 1 aliphatic carbocycles. The van der Waals surface area contributed by atoms with Crippen molar-refractivity contribution in [3.63, 3.8) is 0 Å². The first-order chi connectivity index (χ1) is 16.9. The Labute approximate surface area is 220 Å². The average molecular weight is 524 g/mol. The number of esters is 1. The minimum atomic E-state index is -0.596. The van der Waals surface area contributed by atoms with Crippen LogP contribution in [0, 0.1) is 11.8 Å². The average Bonchev–Trinajstić information content (AvgIpc) is 3.44. The topological polar surface area (TPSA) is 85.3 Å². The van der Waals surface area contributed by atoms with Crippen LogP contribution in [0.5, 0.6) is 0 Å². The van der Waals surface area contributed by atoms with Crippen LogP contribution in [0.1, 0.15) is 94.6 Å². The summed E-state index contributed by atoms with van der Waals surface area (Å²) in [6.07, 6.45) is 4.30. The smallest absolute Gasteiger partial charge is 0.350 e. The zero-order chi connectivity index (χ0) is 26.6. The fourth-order valence-electron chi connectivity index (χ4n) is 5.07. The van der Waals surface area contributed by atoms with Crippen LogP contribution < -0.4 is 4.90 Å². The number of nitrogens with zero attached hydrogens (tertiary/aromatic N) is 1. The van der Waals surface area contributed by atoms with E-state index in [4.69, 9.17) is 14.2 Å². The highest BCUT2D eigenvalue weighted by atomic mass is 32.1. The molecule has 204 valence electrons. The van der Waals surface area contributed by atoms with Crippen molar-refractivity contribution in [1.29, 1.82) is 0 Å². The summed E-state index contributed by atoms with van der Waals surface area (Å²) in [6, 6.07) is 1.89. The fraction of sp³-hybridized carbons (Fsp3) is 0.786. The molecule has 7 nitrogen and oxygen atoms in total. The molecule has 2 aliphatic rings. The Kier molecular flexibility index (Phi) is 10.00. The lowest BCUT2D eigenvalue weighted by Crippen LogP contribution is -2.44. The van der Waals surface area contributed by atoms with Crippen molar-refractivity contribution in [2.45, 2.75) is 110 Å². The Morgan fingerprint density at radius 3 is 2.39 bits per heavy atom. The van der Waals surface area contributed by atoms with Crippen molar-refractivity contribution in [3.05, 3.63) is 15.8 Å². The Balaban J connectivity index is 1.86. The third kappa shape index (κ3) is 7.09. The molecule has 1 aliphatic heterocycles. The van der Waals surface area contributed by atoms with Gasteiger partial charge in [0.05, 0.1) is 32.1 Å². The van der Waals surface area contributed by atoms with E-state index in [0.717, 1.165) is 37.0 Å². The number of hydrogen-bond donors (Lipinski definition) is 1. The number of hydrogen-bond acceptors (Lipinski definition) is 7. The summed E-state index contributed by atoms with van der Waals surface area (Å²) in [5, 5.41) is 10.0. The van der Waals surface area contributed by atoms with Gasteiger partial charge in [-0.15, -0.1) is 11.3 Å². The molecule has 8 heteroatoms. The number of anilines is 1. The SMILES string of the molecule is COC(=O)c1sc(C(C)(C)C)cc1N(C(=O)[C@H]1CC[C@H](C)CC1)[C@H](C)CC[C@@H](C)O[C@H]1COC[C@@H]1O. The number of aliphatic hydroxyl groups is 1. The van der Waals surface area contributed by atoms with Crippen LogP contribution in [0.4, 0.5) is 5.69 Å². The maximum atomic E-state index is 14.0. The van der Waals surface area contributed by atoms with Gasteiger partial charge in [0.15, 0.2) is 0 Å². The number of amides is 1. The van der Waals surface area contributed by atoms with Crippen molar-refractivity contribution in [1.82, 2.24) is 0 Å². The molecule has 36 heavy (non-hydrogen) atoms. The largest absolute Gasteiger partial charge is 0.465 e. The quantitative estimate of drug-likeness (QED) is 0.441. The van der Waals surface area contributed by atoms with Gasteiger partial charge in [0.2, 0.25) is 5.91 Å². The van der Waals surface area contributed by atoms with Crippen molar-refractivity contribution in [2.75, 3.05) is 25.2 Å². The molecule has 1 aromatic heterocycles. The number of rotatable bonds is 9. The summed E-state index contributed by atoms with van der Waals surface area (Å²) in [5.41, 5.74) is 0.511. The van der Waals surface area contributed by atoms with E-state index in [1.165, 1.54) is 18.4 Å². The van der Waals surface area contributed by atoms with Gasteiger partial charge in [-0.3, -0.25) is 4.79 Å². The summed E-state index contributed by atoms with van der Waals surface area (Å²) >= 11 is 1.42. The molecule has 1 saturated carbocycles. The van der Waals surface area contributed by atoms with Crippen molar-refractivity contribution in [3.8, 4) is 0 Å². The van der Waals surface area contributed by atoms with Crippen LogP contribution in [0.2, 0.25) is 0 Å². The van der Waals surface area contributed by atoms with Gasteiger partial charge in [-0.1, -0.05) is 27.7 Å². The Hall–Kier alpha value is -1.48. The molecule has 1 amide bonds. The van der Waals surface area contributed by atoms with Crippen LogP contribution in [0.3, 0.4) is 0 Å². The number of methoxy groups -OCH3 is 1. The van der Waals surface area contributed by atoms with E-state index in [9.17, 15) is 14.7 Å². The lowest BCUT2D eigenvalue weighted by Gasteiger charge is -2.35. The second kappa shape index (κ2) is 12.4. The van der Waals surface area contributed by atoms with Crippen molar-refractivity contribution < 1.29 is 28.9 Å². The second-order valence-corrected chi connectivity index (χ2v) is 12.8. The zero-order valence-corrected chi connectivity index (χ0v) is 23.9. The third-order valence-corrected chi connectivity index (χ3v) is 9.05. The summed E-state index contributed by atoms with van der Waals surface area (Å²) in [7, 11) is 1.39. The Morgan fingerprint density at radius 1 is 1.17 bits per heavy atom. The first-order valence-corrected chi connectivity index (χ1v) is 14.2. The molecule has 4 atom stereocenters. The van der Waals surface area contributed by atoms with E-state index >= 15 is 0 Å². The van der Waals surface area contributed by atoms with Gasteiger partial charge in [0.1, 0.15) is 17.1 Å². The van der Waals surface area contributed by atoms with Crippen LogP contribution >= 0.6 is 11.3 Å². The van der Waals surface area contributed by atoms with E-state index in [1.54, 1.807) is 0 Å². The van der Waals surface area contributed by atoms with Crippen LogP contribution in [0.15, 0.2) is 6.07 Å². The van der Waals surface area contributed by atoms with E-state index in [-0.39, 0.29) is 35.5 Å². The molecule has 3 rings (SSSR count). The van der Waals surface area contributed by atoms with E-state index in [2.05, 4.69) is 34.6 Å². The molecule has 0 unspecified atom stereocenters. The van der Waals surface area contributed by atoms with Crippen LogP contribution in [0.25, 0.3) is 0 Å². The normalized spacial score (nSPS) is 26.4. The van der Waals surface area contributed by atoms with E-state index < -0.39 is 12.1 Å². The number of carbonyl (C=O) groups excluding carboxylic acids is 2. The van der Waals surface area contributed by atoms with Gasteiger partial charge in [-0.25, -0.2) is 4.79 Å². The second-order valence-electron chi connectivity index (χ2n) is 11.7. The molecule has 0 radical (unpaired) electrons. The van der Waals surface area contributed by atoms with E-state index in [0.29, 0.717) is 36.1 Å². The van der Waals surface area contributed by atoms with Gasteiger partial charge in [0.25, 0.3) is 0 Å². The Morgan fingerprint density at radius 2 is 1.83 bits per heavy atom. The maximum Gasteiger partial charge on any atom is 0.350 e. The molecule has 2 heterocycles. The molecule has 2 fully saturated rings. The fourth-order valence-corrected chi connectivity index (χ4v) is 6.20. The van der Waals surface area contributed by atoms with Gasteiger partial charge < -0.3 is 24.2 Å². The summed E-state index contributed by atoms with van der Waals surface area (Å²) < 4.78 is 16.5. The first kappa shape index (κ1) is 29.1. The van der Waals surface area contributed by atoms with Gasteiger partial charge in [-0.05, 0) is 69.8 Å². The number of ether oxygens (including phenoxy) is 3. The number of aliphatic hydroxyl groups excluding tert-OH is 1. The minimum absolute atomic E-state index is 0.0356. The predicted molar refractivity (Wildman–Crippen MR) is 143 cm³/mol. The zero-order valence-electron chi connectivity index (χ0n) is 23.0. The van der Waals surface area contributed by atoms with Gasteiger partial charge in [-0.2, -0.15) is 0 Å². The molecule has 0 aromatic carbocycles. The predicted octanol–water partition coefficient (Wildman–Crippen LogP) is 5.33. The molecule has 0 bridgehead atoms. The summed E-state index contributed by atoms with van der Waals surface area (Å²) in [4.78, 5) is 30.3. The number of thiophene rings is 1. The summed E-state index contributed by atoms with van der Waals surface area (Å²) in [6.45, 7) is 13.3.